The van der Waals surface area contributed by atoms with E-state index in [2.05, 4.69) is 5.32 Å². The summed E-state index contributed by atoms with van der Waals surface area (Å²) in [7, 11) is 0. The fraction of sp³-hybridized carbons (Fsp3) is 0.235. The fourth-order valence-corrected chi connectivity index (χ4v) is 2.22. The van der Waals surface area contributed by atoms with Crippen LogP contribution in [0.3, 0.4) is 0 Å². The van der Waals surface area contributed by atoms with E-state index >= 15 is 0 Å². The number of hydrogen-bond donors (Lipinski definition) is 1. The molecular formula is C17H17ClFNO. The number of rotatable bonds is 5. The number of carbonyl (C=O) groups excluding carboxylic acids is 1. The maximum absolute atomic E-state index is 14.3. The molecule has 1 unspecified atom stereocenters. The molecule has 0 radical (unpaired) electrons. The van der Waals surface area contributed by atoms with Crippen molar-refractivity contribution < 1.29 is 9.18 Å². The summed E-state index contributed by atoms with van der Waals surface area (Å²) in [6, 6.07) is 14.3. The van der Waals surface area contributed by atoms with Gasteiger partial charge in [-0.1, -0.05) is 42.5 Å². The first-order chi connectivity index (χ1) is 10.1. The molecule has 4 heteroatoms. The first-order valence-electron chi connectivity index (χ1n) is 6.82. The van der Waals surface area contributed by atoms with Gasteiger partial charge in [0.05, 0.1) is 5.92 Å². The molecule has 2 nitrogen and oxygen atoms in total. The zero-order chi connectivity index (χ0) is 15.2. The minimum Gasteiger partial charge on any atom is -0.354 e. The van der Waals surface area contributed by atoms with Gasteiger partial charge < -0.3 is 5.32 Å². The molecule has 0 saturated heterocycles. The highest BCUT2D eigenvalue weighted by atomic mass is 35.5. The molecule has 0 aliphatic rings. The van der Waals surface area contributed by atoms with Crippen LogP contribution in [0.2, 0.25) is 0 Å². The molecule has 0 spiro atoms. The van der Waals surface area contributed by atoms with E-state index in [0.717, 1.165) is 5.56 Å². The molecule has 2 aromatic rings. The molecule has 0 fully saturated rings. The van der Waals surface area contributed by atoms with Crippen molar-refractivity contribution in [3.63, 3.8) is 0 Å². The summed E-state index contributed by atoms with van der Waals surface area (Å²) >= 11 is 5.54. The lowest BCUT2D eigenvalue weighted by Crippen LogP contribution is -2.29. The predicted octanol–water partition coefficient (Wildman–Crippen LogP) is 3.95. The van der Waals surface area contributed by atoms with Crippen molar-refractivity contribution in [2.45, 2.75) is 12.8 Å². The Balaban J connectivity index is 2.21. The minimum atomic E-state index is -0.410. The lowest BCUT2D eigenvalue weighted by molar-refractivity contribution is -0.122. The molecule has 0 aliphatic carbocycles. The molecule has 1 amide bonds. The number of carbonyl (C=O) groups is 1. The van der Waals surface area contributed by atoms with Crippen LogP contribution in [-0.2, 0) is 4.79 Å². The maximum atomic E-state index is 14.3. The number of hydrogen-bond acceptors (Lipinski definition) is 1. The molecule has 2 rings (SSSR count). The van der Waals surface area contributed by atoms with Crippen molar-refractivity contribution in [1.29, 1.82) is 0 Å². The third kappa shape index (κ3) is 3.82. The van der Waals surface area contributed by atoms with E-state index < -0.39 is 5.92 Å². The molecule has 21 heavy (non-hydrogen) atoms. The van der Waals surface area contributed by atoms with Crippen LogP contribution in [0.4, 0.5) is 4.39 Å². The number of alkyl halides is 1. The highest BCUT2D eigenvalue weighted by molar-refractivity contribution is 6.18. The predicted molar refractivity (Wildman–Crippen MR) is 84.0 cm³/mol. The summed E-state index contributed by atoms with van der Waals surface area (Å²) in [5.74, 6) is -0.523. The Labute approximate surface area is 128 Å². The third-order valence-corrected chi connectivity index (χ3v) is 3.55. The molecule has 1 N–H and O–H groups in total. The third-order valence-electron chi connectivity index (χ3n) is 3.36. The van der Waals surface area contributed by atoms with Gasteiger partial charge in [-0.25, -0.2) is 4.39 Å². The van der Waals surface area contributed by atoms with Crippen LogP contribution in [0.1, 0.15) is 18.4 Å². The van der Waals surface area contributed by atoms with E-state index in [1.165, 1.54) is 6.07 Å². The van der Waals surface area contributed by atoms with Gasteiger partial charge in [0.15, 0.2) is 0 Å². The standard InChI is InChI=1S/C17H17ClFNO/c1-12(17(21)20-10-9-18)14-7-8-15(16(19)11-14)13-5-3-2-4-6-13/h2-8,11-12H,9-10H2,1H3,(H,20,21). The van der Waals surface area contributed by atoms with Crippen LogP contribution >= 0.6 is 11.6 Å². The number of nitrogens with one attached hydrogen (secondary N) is 1. The van der Waals surface area contributed by atoms with Crippen molar-refractivity contribution in [3.05, 3.63) is 59.9 Å². The Kier molecular flexibility index (Phi) is 5.34. The molecule has 0 saturated carbocycles. The van der Waals surface area contributed by atoms with Gasteiger partial charge in [0.2, 0.25) is 5.91 Å². The summed E-state index contributed by atoms with van der Waals surface area (Å²) < 4.78 is 14.3. The second kappa shape index (κ2) is 7.23. The van der Waals surface area contributed by atoms with Gasteiger partial charge in [-0.2, -0.15) is 0 Å². The van der Waals surface area contributed by atoms with Crippen LogP contribution in [0.5, 0.6) is 0 Å². The highest BCUT2D eigenvalue weighted by Crippen LogP contribution is 2.26. The van der Waals surface area contributed by atoms with Crippen LogP contribution < -0.4 is 5.32 Å². The summed E-state index contributed by atoms with van der Waals surface area (Å²) in [6.07, 6.45) is 0. The molecule has 0 bridgehead atoms. The zero-order valence-corrected chi connectivity index (χ0v) is 12.5. The second-order valence-electron chi connectivity index (χ2n) is 4.81. The average molecular weight is 306 g/mol. The quantitative estimate of drug-likeness (QED) is 0.833. The van der Waals surface area contributed by atoms with E-state index in [1.54, 1.807) is 19.1 Å². The largest absolute Gasteiger partial charge is 0.354 e. The smallest absolute Gasteiger partial charge is 0.227 e. The van der Waals surface area contributed by atoms with Crippen LogP contribution in [-0.4, -0.2) is 18.3 Å². The van der Waals surface area contributed by atoms with Crippen molar-refractivity contribution >= 4 is 17.5 Å². The Bertz CT molecular complexity index is 615. The second-order valence-corrected chi connectivity index (χ2v) is 5.18. The fourth-order valence-electron chi connectivity index (χ4n) is 2.13. The first kappa shape index (κ1) is 15.5. The van der Waals surface area contributed by atoms with E-state index in [1.807, 2.05) is 30.3 Å². The van der Waals surface area contributed by atoms with Gasteiger partial charge in [-0.3, -0.25) is 4.79 Å². The van der Waals surface area contributed by atoms with Gasteiger partial charge >= 0.3 is 0 Å². The number of amides is 1. The summed E-state index contributed by atoms with van der Waals surface area (Å²) in [6.45, 7) is 2.16. The Morgan fingerprint density at radius 1 is 1.24 bits per heavy atom. The van der Waals surface area contributed by atoms with Crippen molar-refractivity contribution in [2.24, 2.45) is 0 Å². The van der Waals surface area contributed by atoms with Gasteiger partial charge in [-0.15, -0.1) is 11.6 Å². The number of benzene rings is 2. The van der Waals surface area contributed by atoms with Crippen LogP contribution in [0.25, 0.3) is 11.1 Å². The molecule has 2 aromatic carbocycles. The normalized spacial score (nSPS) is 12.0. The Morgan fingerprint density at radius 3 is 2.57 bits per heavy atom. The Hall–Kier alpha value is -1.87. The van der Waals surface area contributed by atoms with Crippen molar-refractivity contribution in [3.8, 4) is 11.1 Å². The van der Waals surface area contributed by atoms with Gasteiger partial charge in [0, 0.05) is 18.0 Å². The molecular weight excluding hydrogens is 289 g/mol. The van der Waals surface area contributed by atoms with Crippen molar-refractivity contribution in [1.82, 2.24) is 5.32 Å². The van der Waals surface area contributed by atoms with Crippen molar-refractivity contribution in [2.75, 3.05) is 12.4 Å². The molecule has 0 heterocycles. The lowest BCUT2D eigenvalue weighted by atomic mass is 9.96. The summed E-state index contributed by atoms with van der Waals surface area (Å²) in [4.78, 5) is 11.9. The van der Waals surface area contributed by atoms with E-state index in [-0.39, 0.29) is 11.7 Å². The Morgan fingerprint density at radius 2 is 1.95 bits per heavy atom. The number of halogens is 2. The monoisotopic (exact) mass is 305 g/mol. The maximum Gasteiger partial charge on any atom is 0.227 e. The summed E-state index contributed by atoms with van der Waals surface area (Å²) in [5, 5.41) is 2.70. The zero-order valence-electron chi connectivity index (χ0n) is 11.8. The van der Waals surface area contributed by atoms with Crippen LogP contribution in [0, 0.1) is 5.82 Å². The topological polar surface area (TPSA) is 29.1 Å². The molecule has 0 aromatic heterocycles. The molecule has 0 aliphatic heterocycles. The highest BCUT2D eigenvalue weighted by Gasteiger charge is 2.16. The minimum absolute atomic E-state index is 0.150. The van der Waals surface area contributed by atoms with Gasteiger partial charge in [0.1, 0.15) is 5.82 Å². The summed E-state index contributed by atoms with van der Waals surface area (Å²) in [5.41, 5.74) is 2.01. The molecule has 1 atom stereocenters. The van der Waals surface area contributed by atoms with E-state index in [9.17, 15) is 9.18 Å². The first-order valence-corrected chi connectivity index (χ1v) is 7.35. The van der Waals surface area contributed by atoms with Gasteiger partial charge in [-0.05, 0) is 24.1 Å². The van der Waals surface area contributed by atoms with Gasteiger partial charge in [0.25, 0.3) is 0 Å². The molecule has 110 valence electrons. The lowest BCUT2D eigenvalue weighted by Gasteiger charge is -2.13. The SMILES string of the molecule is CC(C(=O)NCCCl)c1ccc(-c2ccccc2)c(F)c1. The van der Waals surface area contributed by atoms with E-state index in [4.69, 9.17) is 11.6 Å². The van der Waals surface area contributed by atoms with E-state index in [0.29, 0.717) is 23.6 Å². The van der Waals surface area contributed by atoms with Crippen LogP contribution in [0.15, 0.2) is 48.5 Å². The average Bonchev–Trinajstić information content (AvgIpc) is 2.52.